The topological polar surface area (TPSA) is 34.1 Å². The molecule has 0 amide bonds. The predicted molar refractivity (Wildman–Crippen MR) is 74.0 cm³/mol. The first-order valence-electron chi connectivity index (χ1n) is 6.99. The minimum absolute atomic E-state index is 0.231. The van der Waals surface area contributed by atoms with E-state index in [0.29, 0.717) is 12.1 Å². The van der Waals surface area contributed by atoms with Crippen molar-refractivity contribution in [2.45, 2.75) is 63.6 Å². The zero-order chi connectivity index (χ0) is 12.6. The van der Waals surface area contributed by atoms with Crippen molar-refractivity contribution in [3.05, 3.63) is 16.1 Å². The molecule has 1 aliphatic heterocycles. The van der Waals surface area contributed by atoms with Gasteiger partial charge in [-0.15, -0.1) is 11.3 Å². The highest BCUT2D eigenvalue weighted by Crippen LogP contribution is 2.42. The fourth-order valence-electron chi connectivity index (χ4n) is 3.09. The van der Waals surface area contributed by atoms with Crippen molar-refractivity contribution < 1.29 is 4.74 Å². The molecule has 0 aromatic carbocycles. The summed E-state index contributed by atoms with van der Waals surface area (Å²) in [6, 6.07) is 0.960. The predicted octanol–water partition coefficient (Wildman–Crippen LogP) is 3.20. The highest BCUT2D eigenvalue weighted by atomic mass is 32.1. The summed E-state index contributed by atoms with van der Waals surface area (Å²) in [5.41, 5.74) is 1.36. The van der Waals surface area contributed by atoms with Crippen LogP contribution in [-0.2, 0) is 4.74 Å². The number of aromatic nitrogens is 1. The molecule has 100 valence electrons. The van der Waals surface area contributed by atoms with Crippen LogP contribution in [0.2, 0.25) is 0 Å². The van der Waals surface area contributed by atoms with Crippen molar-refractivity contribution in [1.82, 2.24) is 10.3 Å². The number of thiazole rings is 1. The largest absolute Gasteiger partial charge is 0.375 e. The Morgan fingerprint density at radius 1 is 1.56 bits per heavy atom. The lowest BCUT2D eigenvalue weighted by atomic mass is 9.74. The van der Waals surface area contributed by atoms with Crippen molar-refractivity contribution in [2.75, 3.05) is 6.61 Å². The van der Waals surface area contributed by atoms with Gasteiger partial charge in [-0.3, -0.25) is 0 Å². The third-order valence-electron chi connectivity index (χ3n) is 4.25. The van der Waals surface area contributed by atoms with Gasteiger partial charge in [0.15, 0.2) is 0 Å². The van der Waals surface area contributed by atoms with Crippen LogP contribution < -0.4 is 5.32 Å². The minimum Gasteiger partial charge on any atom is -0.375 e. The number of aryl methyl sites for hydroxylation is 1. The molecule has 0 radical (unpaired) electrons. The molecule has 3 rings (SSSR count). The van der Waals surface area contributed by atoms with Crippen LogP contribution in [0.3, 0.4) is 0 Å². The van der Waals surface area contributed by atoms with E-state index < -0.39 is 0 Å². The van der Waals surface area contributed by atoms with Gasteiger partial charge in [0, 0.05) is 23.7 Å². The molecule has 2 fully saturated rings. The highest BCUT2D eigenvalue weighted by molar-refractivity contribution is 7.09. The SMILES string of the molecule is Cc1csc(C(C)NC2CCOC3(CCC3)C2)n1. The molecule has 1 aromatic rings. The lowest BCUT2D eigenvalue weighted by Gasteiger charge is -2.47. The summed E-state index contributed by atoms with van der Waals surface area (Å²) in [6.07, 6.45) is 6.18. The molecule has 0 bridgehead atoms. The van der Waals surface area contributed by atoms with Crippen LogP contribution in [0.15, 0.2) is 5.38 Å². The van der Waals surface area contributed by atoms with Gasteiger partial charge >= 0.3 is 0 Å². The summed E-state index contributed by atoms with van der Waals surface area (Å²) in [5, 5.41) is 7.08. The summed E-state index contributed by atoms with van der Waals surface area (Å²) in [7, 11) is 0. The first-order chi connectivity index (χ1) is 8.67. The van der Waals surface area contributed by atoms with Crippen LogP contribution in [0.4, 0.5) is 0 Å². The first kappa shape index (κ1) is 12.6. The fraction of sp³-hybridized carbons (Fsp3) is 0.786. The molecule has 18 heavy (non-hydrogen) atoms. The molecular weight excluding hydrogens is 244 g/mol. The number of ether oxygens (including phenoxy) is 1. The van der Waals surface area contributed by atoms with Gasteiger partial charge in [0.1, 0.15) is 5.01 Å². The second-order valence-electron chi connectivity index (χ2n) is 5.79. The Bertz CT molecular complexity index is 414. The summed E-state index contributed by atoms with van der Waals surface area (Å²) in [5.74, 6) is 0. The lowest BCUT2D eigenvalue weighted by molar-refractivity contribution is -0.136. The first-order valence-corrected chi connectivity index (χ1v) is 7.87. The van der Waals surface area contributed by atoms with E-state index in [4.69, 9.17) is 4.74 Å². The Morgan fingerprint density at radius 2 is 2.39 bits per heavy atom. The molecule has 3 nitrogen and oxygen atoms in total. The molecule has 2 unspecified atom stereocenters. The van der Waals surface area contributed by atoms with Gasteiger partial charge in [-0.1, -0.05) is 0 Å². The van der Waals surface area contributed by atoms with Gasteiger partial charge in [0.05, 0.1) is 11.6 Å². The monoisotopic (exact) mass is 266 g/mol. The smallest absolute Gasteiger partial charge is 0.110 e. The Morgan fingerprint density at radius 3 is 3.00 bits per heavy atom. The van der Waals surface area contributed by atoms with E-state index in [2.05, 4.69) is 29.5 Å². The maximum Gasteiger partial charge on any atom is 0.110 e. The molecule has 2 aliphatic rings. The van der Waals surface area contributed by atoms with E-state index in [1.165, 1.54) is 30.7 Å². The van der Waals surface area contributed by atoms with E-state index in [1.807, 2.05) is 0 Å². The second-order valence-corrected chi connectivity index (χ2v) is 6.68. The van der Waals surface area contributed by atoms with Crippen molar-refractivity contribution in [2.24, 2.45) is 0 Å². The quantitative estimate of drug-likeness (QED) is 0.912. The highest BCUT2D eigenvalue weighted by Gasteiger charge is 2.42. The number of nitrogens with zero attached hydrogens (tertiary/aromatic N) is 1. The Hall–Kier alpha value is -0.450. The van der Waals surface area contributed by atoms with Gasteiger partial charge in [0.25, 0.3) is 0 Å². The molecule has 1 aliphatic carbocycles. The average molecular weight is 266 g/mol. The number of hydrogen-bond acceptors (Lipinski definition) is 4. The van der Waals surface area contributed by atoms with Crippen LogP contribution in [0.25, 0.3) is 0 Å². The standard InChI is InChI=1S/C14H22N2OS/c1-10-9-18-13(15-10)11(2)16-12-4-7-17-14(8-12)5-3-6-14/h9,11-12,16H,3-8H2,1-2H3. The summed E-state index contributed by atoms with van der Waals surface area (Å²) in [6.45, 7) is 5.20. The van der Waals surface area contributed by atoms with Crippen LogP contribution in [0.5, 0.6) is 0 Å². The van der Waals surface area contributed by atoms with Gasteiger partial charge < -0.3 is 10.1 Å². The summed E-state index contributed by atoms with van der Waals surface area (Å²) < 4.78 is 5.97. The van der Waals surface area contributed by atoms with E-state index >= 15 is 0 Å². The normalized spacial score (nSPS) is 28.0. The molecule has 2 heterocycles. The average Bonchev–Trinajstić information content (AvgIpc) is 2.74. The van der Waals surface area contributed by atoms with Crippen molar-refractivity contribution in [1.29, 1.82) is 0 Å². The number of nitrogens with one attached hydrogen (secondary N) is 1. The maximum atomic E-state index is 5.97. The number of hydrogen-bond donors (Lipinski definition) is 1. The molecule has 1 aromatic heterocycles. The third-order valence-corrected chi connectivity index (χ3v) is 5.40. The van der Waals surface area contributed by atoms with E-state index in [1.54, 1.807) is 11.3 Å². The van der Waals surface area contributed by atoms with Crippen LogP contribution in [0, 0.1) is 6.92 Å². The second kappa shape index (κ2) is 4.91. The lowest BCUT2D eigenvalue weighted by Crippen LogP contribution is -2.51. The van der Waals surface area contributed by atoms with Gasteiger partial charge in [-0.25, -0.2) is 4.98 Å². The Labute approximate surface area is 113 Å². The maximum absolute atomic E-state index is 5.97. The molecule has 2 atom stereocenters. The van der Waals surface area contributed by atoms with Crippen LogP contribution >= 0.6 is 11.3 Å². The van der Waals surface area contributed by atoms with Gasteiger partial charge in [0.2, 0.25) is 0 Å². The Kier molecular flexibility index (Phi) is 3.43. The van der Waals surface area contributed by atoms with Crippen molar-refractivity contribution >= 4 is 11.3 Å². The molecular formula is C14H22N2OS. The van der Waals surface area contributed by atoms with Gasteiger partial charge in [-0.05, 0) is 46.0 Å². The van der Waals surface area contributed by atoms with Crippen LogP contribution in [0.1, 0.15) is 55.8 Å². The summed E-state index contributed by atoms with van der Waals surface area (Å²) in [4.78, 5) is 4.57. The van der Waals surface area contributed by atoms with Crippen LogP contribution in [-0.4, -0.2) is 23.2 Å². The summed E-state index contributed by atoms with van der Waals surface area (Å²) >= 11 is 1.76. The zero-order valence-electron chi connectivity index (χ0n) is 11.2. The number of rotatable bonds is 3. The van der Waals surface area contributed by atoms with Crippen molar-refractivity contribution in [3.8, 4) is 0 Å². The minimum atomic E-state index is 0.231. The van der Waals surface area contributed by atoms with E-state index in [0.717, 1.165) is 18.7 Å². The fourth-order valence-corrected chi connectivity index (χ4v) is 3.90. The molecule has 1 saturated heterocycles. The zero-order valence-corrected chi connectivity index (χ0v) is 12.1. The van der Waals surface area contributed by atoms with Crippen molar-refractivity contribution in [3.63, 3.8) is 0 Å². The Balaban J connectivity index is 1.58. The molecule has 1 spiro atoms. The van der Waals surface area contributed by atoms with E-state index in [-0.39, 0.29) is 5.60 Å². The van der Waals surface area contributed by atoms with E-state index in [9.17, 15) is 0 Å². The van der Waals surface area contributed by atoms with Gasteiger partial charge in [-0.2, -0.15) is 0 Å². The third kappa shape index (κ3) is 2.46. The molecule has 1 saturated carbocycles. The molecule has 4 heteroatoms. The molecule has 1 N–H and O–H groups in total.